The lowest BCUT2D eigenvalue weighted by molar-refractivity contribution is -0.138. The second kappa shape index (κ2) is 15.6. The molecule has 0 saturated carbocycles. The van der Waals surface area contributed by atoms with E-state index in [4.69, 9.17) is 21.1 Å². The average molecular weight is 593 g/mol. The summed E-state index contributed by atoms with van der Waals surface area (Å²) in [5.74, 6) is -1.38. The van der Waals surface area contributed by atoms with Gasteiger partial charge in [-0.05, 0) is 48.6 Å². The van der Waals surface area contributed by atoms with Gasteiger partial charge in [-0.25, -0.2) is 4.39 Å². The number of hydrogen-bond acceptors (Lipinski definition) is 6. The summed E-state index contributed by atoms with van der Waals surface area (Å²) >= 11 is 6.48. The van der Waals surface area contributed by atoms with Gasteiger partial charge >= 0.3 is 0 Å². The second-order valence-electron chi connectivity index (χ2n) is 10.9. The first-order valence-electron chi connectivity index (χ1n) is 14.1. The standard InChI is InChI=1S/C31H42ClFN2O6/c1-20(2)25-17-34(21(3)36)18-28(40-4)30(38)27(37)19-41-15-8-7-14-35(29(25)22-10-9-11-23(33)16-22)31(39)24-12-5-6-13-26(24)32/h5-6,9-13,16,20,25,27-30,37-38H,7-8,14-15,17-19H2,1-4H3/t25-,27-,28-,29-,30-/m1/s1. The Hall–Kier alpha value is -2.56. The van der Waals surface area contributed by atoms with Crippen LogP contribution in [0.4, 0.5) is 4.39 Å². The number of hydrogen-bond donors (Lipinski definition) is 2. The number of benzene rings is 2. The Balaban J connectivity index is 2.17. The Morgan fingerprint density at radius 1 is 1.10 bits per heavy atom. The van der Waals surface area contributed by atoms with Crippen LogP contribution in [0.3, 0.4) is 0 Å². The molecule has 0 bridgehead atoms. The summed E-state index contributed by atoms with van der Waals surface area (Å²) in [6.07, 6.45) is -2.25. The highest BCUT2D eigenvalue weighted by Crippen LogP contribution is 2.37. The Morgan fingerprint density at radius 3 is 2.46 bits per heavy atom. The largest absolute Gasteiger partial charge is 0.388 e. The van der Waals surface area contributed by atoms with Gasteiger partial charge in [-0.3, -0.25) is 9.59 Å². The molecule has 1 saturated heterocycles. The van der Waals surface area contributed by atoms with E-state index in [-0.39, 0.29) is 43.3 Å². The van der Waals surface area contributed by atoms with Crippen molar-refractivity contribution in [2.75, 3.05) is 40.0 Å². The molecule has 1 fully saturated rings. The maximum Gasteiger partial charge on any atom is 0.255 e. The van der Waals surface area contributed by atoms with Crippen molar-refractivity contribution >= 4 is 23.4 Å². The van der Waals surface area contributed by atoms with E-state index in [1.807, 2.05) is 13.8 Å². The molecule has 2 aromatic carbocycles. The van der Waals surface area contributed by atoms with Crippen LogP contribution in [0, 0.1) is 17.7 Å². The zero-order chi connectivity index (χ0) is 30.1. The van der Waals surface area contributed by atoms with Crippen LogP contribution in [0.2, 0.25) is 5.02 Å². The van der Waals surface area contributed by atoms with E-state index >= 15 is 0 Å². The number of aliphatic hydroxyl groups excluding tert-OH is 2. The molecule has 1 aliphatic rings. The summed E-state index contributed by atoms with van der Waals surface area (Å²) in [7, 11) is 1.41. The van der Waals surface area contributed by atoms with Crippen LogP contribution in [-0.2, 0) is 14.3 Å². The van der Waals surface area contributed by atoms with Crippen molar-refractivity contribution < 1.29 is 33.7 Å². The molecule has 10 heteroatoms. The molecule has 0 aliphatic carbocycles. The molecule has 0 aromatic heterocycles. The lowest BCUT2D eigenvalue weighted by Gasteiger charge is -2.42. The molecule has 5 atom stereocenters. The lowest BCUT2D eigenvalue weighted by atomic mass is 9.82. The van der Waals surface area contributed by atoms with Gasteiger partial charge in [0, 0.05) is 46.2 Å². The third-order valence-corrected chi connectivity index (χ3v) is 8.06. The molecule has 2 amide bonds. The van der Waals surface area contributed by atoms with Gasteiger partial charge in [0.15, 0.2) is 0 Å². The minimum absolute atomic E-state index is 0.00160. The fourth-order valence-corrected chi connectivity index (χ4v) is 5.56. The summed E-state index contributed by atoms with van der Waals surface area (Å²) in [4.78, 5) is 30.4. The summed E-state index contributed by atoms with van der Waals surface area (Å²) in [5.41, 5.74) is 0.938. The molecule has 0 radical (unpaired) electrons. The van der Waals surface area contributed by atoms with Crippen LogP contribution in [0.15, 0.2) is 48.5 Å². The predicted octanol–water partition coefficient (Wildman–Crippen LogP) is 4.33. The van der Waals surface area contributed by atoms with E-state index in [1.54, 1.807) is 46.2 Å². The number of methoxy groups -OCH3 is 1. The van der Waals surface area contributed by atoms with Crippen molar-refractivity contribution in [3.8, 4) is 0 Å². The minimum Gasteiger partial charge on any atom is -0.388 e. The number of aliphatic hydroxyl groups is 2. The van der Waals surface area contributed by atoms with Crippen LogP contribution in [0.1, 0.15) is 55.6 Å². The van der Waals surface area contributed by atoms with Crippen LogP contribution in [0.25, 0.3) is 0 Å². The fourth-order valence-electron chi connectivity index (χ4n) is 5.34. The van der Waals surface area contributed by atoms with Gasteiger partial charge < -0.3 is 29.5 Å². The second-order valence-corrected chi connectivity index (χ2v) is 11.3. The van der Waals surface area contributed by atoms with E-state index in [2.05, 4.69) is 0 Å². The zero-order valence-electron chi connectivity index (χ0n) is 24.2. The van der Waals surface area contributed by atoms with Gasteiger partial charge in [-0.1, -0.05) is 49.7 Å². The number of rotatable bonds is 4. The van der Waals surface area contributed by atoms with Gasteiger partial charge in [-0.15, -0.1) is 0 Å². The number of carbonyl (C=O) groups is 2. The van der Waals surface area contributed by atoms with Crippen LogP contribution >= 0.6 is 11.6 Å². The lowest BCUT2D eigenvalue weighted by Crippen LogP contribution is -2.51. The summed E-state index contributed by atoms with van der Waals surface area (Å²) in [6.45, 7) is 6.14. The SMILES string of the molecule is CO[C@@H]1CN(C(C)=O)C[C@H](C(C)C)[C@@H](c2cccc(F)c2)N(C(=O)c2ccccc2Cl)CCCCOC[C@@H](O)[C@H]1O. The third-order valence-electron chi connectivity index (χ3n) is 7.73. The molecule has 0 spiro atoms. The molecular weight excluding hydrogens is 551 g/mol. The van der Waals surface area contributed by atoms with Crippen molar-refractivity contribution in [1.82, 2.24) is 9.80 Å². The van der Waals surface area contributed by atoms with Gasteiger partial charge in [0.25, 0.3) is 5.91 Å². The van der Waals surface area contributed by atoms with Crippen molar-refractivity contribution in [2.24, 2.45) is 11.8 Å². The highest BCUT2D eigenvalue weighted by Gasteiger charge is 2.38. The van der Waals surface area contributed by atoms with Crippen molar-refractivity contribution in [3.05, 3.63) is 70.5 Å². The Kier molecular flexibility index (Phi) is 12.5. The molecule has 3 rings (SSSR count). The molecular formula is C31H42ClFN2O6. The summed E-state index contributed by atoms with van der Waals surface area (Å²) < 4.78 is 25.8. The molecule has 41 heavy (non-hydrogen) atoms. The van der Waals surface area contributed by atoms with Crippen molar-refractivity contribution in [1.29, 1.82) is 0 Å². The molecule has 1 heterocycles. The van der Waals surface area contributed by atoms with E-state index in [0.29, 0.717) is 42.1 Å². The maximum absolute atomic E-state index is 14.7. The number of ether oxygens (including phenoxy) is 2. The van der Waals surface area contributed by atoms with Crippen LogP contribution in [-0.4, -0.2) is 90.1 Å². The van der Waals surface area contributed by atoms with Crippen LogP contribution < -0.4 is 0 Å². The van der Waals surface area contributed by atoms with Crippen LogP contribution in [0.5, 0.6) is 0 Å². The first-order chi connectivity index (χ1) is 19.5. The van der Waals surface area contributed by atoms with E-state index in [0.717, 1.165) is 0 Å². The monoisotopic (exact) mass is 592 g/mol. The summed E-state index contributed by atoms with van der Waals surface area (Å²) in [5, 5.41) is 21.7. The topological polar surface area (TPSA) is 99.5 Å². The number of carbonyl (C=O) groups excluding carboxylic acids is 2. The third kappa shape index (κ3) is 8.72. The maximum atomic E-state index is 14.7. The number of nitrogens with zero attached hydrogens (tertiary/aromatic N) is 2. The van der Waals surface area contributed by atoms with Crippen molar-refractivity contribution in [2.45, 2.75) is 58.0 Å². The molecule has 0 unspecified atom stereocenters. The highest BCUT2D eigenvalue weighted by atomic mass is 35.5. The first kappa shape index (κ1) is 32.9. The molecule has 2 aromatic rings. The predicted molar refractivity (Wildman–Crippen MR) is 155 cm³/mol. The first-order valence-corrected chi connectivity index (χ1v) is 14.5. The molecule has 1 aliphatic heterocycles. The average Bonchev–Trinajstić information content (AvgIpc) is 2.94. The molecule has 2 N–H and O–H groups in total. The minimum atomic E-state index is -1.29. The quantitative estimate of drug-likeness (QED) is 0.548. The number of amides is 2. The Morgan fingerprint density at radius 2 is 1.83 bits per heavy atom. The van der Waals surface area contributed by atoms with E-state index in [1.165, 1.54) is 26.2 Å². The normalized spacial score (nSPS) is 25.4. The van der Waals surface area contributed by atoms with Gasteiger partial charge in [0.2, 0.25) is 5.91 Å². The highest BCUT2D eigenvalue weighted by molar-refractivity contribution is 6.33. The van der Waals surface area contributed by atoms with Crippen molar-refractivity contribution in [3.63, 3.8) is 0 Å². The number of halogens is 2. The molecule has 226 valence electrons. The van der Waals surface area contributed by atoms with E-state index in [9.17, 15) is 24.2 Å². The van der Waals surface area contributed by atoms with Gasteiger partial charge in [-0.2, -0.15) is 0 Å². The zero-order valence-corrected chi connectivity index (χ0v) is 25.0. The van der Waals surface area contributed by atoms with Gasteiger partial charge in [0.1, 0.15) is 24.1 Å². The van der Waals surface area contributed by atoms with Gasteiger partial charge in [0.05, 0.1) is 23.2 Å². The van der Waals surface area contributed by atoms with E-state index < -0.39 is 30.2 Å². The Labute approximate surface area is 247 Å². The summed E-state index contributed by atoms with van der Waals surface area (Å²) in [6, 6.07) is 12.4. The fraction of sp³-hybridized carbons (Fsp3) is 0.548. The smallest absolute Gasteiger partial charge is 0.255 e. The molecule has 8 nitrogen and oxygen atoms in total. The Bertz CT molecular complexity index is 1150.